The Labute approximate surface area is 301 Å². The Balaban J connectivity index is 1.51. The highest BCUT2D eigenvalue weighted by Gasteiger charge is 2.21. The first kappa shape index (κ1) is 37.2. The van der Waals surface area contributed by atoms with Crippen molar-refractivity contribution in [1.29, 1.82) is 0 Å². The molecule has 12 nitrogen and oxygen atoms in total. The van der Waals surface area contributed by atoms with E-state index in [9.17, 15) is 29.4 Å². The number of carbonyl (C=O) groups is 4. The molecular weight excluding hydrogens is 668 g/mol. The number of carbonyl (C=O) groups excluding carboxylic acids is 4. The van der Waals surface area contributed by atoms with Crippen molar-refractivity contribution in [2.45, 2.75) is 39.5 Å². The number of phenolic OH excluding ortho intramolecular Hbond substituents is 2. The number of hydrogen-bond acceptors (Lipinski definition) is 10. The molecular formula is C40H42N2O10. The number of amides is 2. The minimum absolute atomic E-state index is 0.0736. The summed E-state index contributed by atoms with van der Waals surface area (Å²) in [6, 6.07) is 22.0. The van der Waals surface area contributed by atoms with Crippen LogP contribution in [-0.2, 0) is 54.3 Å². The molecule has 0 atom stereocenters. The van der Waals surface area contributed by atoms with Crippen LogP contribution in [0.1, 0.15) is 58.4 Å². The second-order valence-corrected chi connectivity index (χ2v) is 12.1. The highest BCUT2D eigenvalue weighted by molar-refractivity contribution is 5.83. The van der Waals surface area contributed by atoms with Gasteiger partial charge in [0.1, 0.15) is 36.1 Å². The second kappa shape index (κ2) is 17.8. The fourth-order valence-electron chi connectivity index (χ4n) is 6.03. The highest BCUT2D eigenvalue weighted by Crippen LogP contribution is 2.38. The maximum Gasteiger partial charge on any atom is 0.325 e. The molecule has 52 heavy (non-hydrogen) atoms. The third-order valence-corrected chi connectivity index (χ3v) is 8.45. The van der Waals surface area contributed by atoms with Crippen LogP contribution in [-0.4, -0.2) is 73.5 Å². The van der Waals surface area contributed by atoms with Gasteiger partial charge in [-0.05, 0) is 58.4 Å². The van der Waals surface area contributed by atoms with Crippen LogP contribution < -0.4 is 20.1 Å². The Morgan fingerprint density at radius 2 is 0.808 bits per heavy atom. The molecule has 0 heterocycles. The average Bonchev–Trinajstić information content (AvgIpc) is 3.12. The summed E-state index contributed by atoms with van der Waals surface area (Å²) in [5.41, 5.74) is 5.24. The number of para-hydroxylation sites is 4. The number of nitrogens with one attached hydrogen (secondary N) is 2. The minimum Gasteiger partial charge on any atom is -0.507 e. The number of ether oxygens (including phenoxy) is 4. The summed E-state index contributed by atoms with van der Waals surface area (Å²) in [5, 5.41) is 28.2. The molecule has 1 aliphatic carbocycles. The fraction of sp³-hybridized carbons (Fsp3) is 0.300. The molecule has 0 spiro atoms. The first-order valence-corrected chi connectivity index (χ1v) is 17.1. The van der Waals surface area contributed by atoms with Crippen LogP contribution in [0.4, 0.5) is 0 Å². The standard InChI is InChI=1S/C40H42N2O10/c1-3-49-35(45)21-41-33(43)23-51-39-29-13-7-14-30(39)18-26-10-6-12-28(38(26)48)20-32-16-8-15-31(19-27-11-5-9-25(17-29)37(27)47)40(32)52-24-34(44)42-22-36(46)50-4-2/h5-16,47-48H,3-4,17-24H2,1-2H3,(H,41,43)(H,42,44). The lowest BCUT2D eigenvalue weighted by atomic mass is 9.91. The van der Waals surface area contributed by atoms with E-state index in [4.69, 9.17) is 18.9 Å². The van der Waals surface area contributed by atoms with Crippen LogP contribution in [0.2, 0.25) is 0 Å². The maximum atomic E-state index is 12.7. The number of rotatable bonds is 12. The summed E-state index contributed by atoms with van der Waals surface area (Å²) in [6.07, 6.45) is 1.01. The number of fused-ring (bicyclic) bond motifs is 8. The third kappa shape index (κ3) is 9.59. The molecule has 8 bridgehead atoms. The van der Waals surface area contributed by atoms with Gasteiger partial charge in [-0.15, -0.1) is 0 Å². The Bertz CT molecular complexity index is 1720. The van der Waals surface area contributed by atoms with Crippen LogP contribution >= 0.6 is 0 Å². The third-order valence-electron chi connectivity index (χ3n) is 8.45. The largest absolute Gasteiger partial charge is 0.507 e. The predicted molar refractivity (Wildman–Crippen MR) is 191 cm³/mol. The van der Waals surface area contributed by atoms with Gasteiger partial charge < -0.3 is 39.8 Å². The molecule has 272 valence electrons. The lowest BCUT2D eigenvalue weighted by molar-refractivity contribution is -0.144. The van der Waals surface area contributed by atoms with Gasteiger partial charge >= 0.3 is 11.9 Å². The Kier molecular flexibility index (Phi) is 12.7. The summed E-state index contributed by atoms with van der Waals surface area (Å²) < 4.78 is 22.0. The smallest absolute Gasteiger partial charge is 0.325 e. The maximum absolute atomic E-state index is 12.7. The Morgan fingerprint density at radius 3 is 1.10 bits per heavy atom. The minimum atomic E-state index is -0.558. The molecule has 4 aromatic rings. The number of aromatic hydroxyl groups is 2. The number of benzene rings is 4. The van der Waals surface area contributed by atoms with Crippen LogP contribution in [0.15, 0.2) is 72.8 Å². The molecule has 0 fully saturated rings. The zero-order valence-corrected chi connectivity index (χ0v) is 29.2. The van der Waals surface area contributed by atoms with Crippen molar-refractivity contribution in [3.63, 3.8) is 0 Å². The zero-order valence-electron chi connectivity index (χ0n) is 29.2. The molecule has 0 saturated carbocycles. The first-order valence-electron chi connectivity index (χ1n) is 17.1. The molecule has 0 radical (unpaired) electrons. The van der Waals surface area contributed by atoms with Gasteiger partial charge in [0.2, 0.25) is 0 Å². The summed E-state index contributed by atoms with van der Waals surface area (Å²) in [5.74, 6) is -1.14. The van der Waals surface area contributed by atoms with E-state index in [1.165, 1.54) is 0 Å². The predicted octanol–water partition coefficient (Wildman–Crippen LogP) is 3.89. The molecule has 12 heteroatoms. The van der Waals surface area contributed by atoms with Crippen molar-refractivity contribution in [3.05, 3.63) is 117 Å². The number of phenols is 2. The van der Waals surface area contributed by atoms with Crippen molar-refractivity contribution in [3.8, 4) is 23.0 Å². The summed E-state index contributed by atoms with van der Waals surface area (Å²) >= 11 is 0. The van der Waals surface area contributed by atoms with Crippen LogP contribution in [0.5, 0.6) is 23.0 Å². The molecule has 1 aliphatic rings. The zero-order chi connectivity index (χ0) is 37.0. The van der Waals surface area contributed by atoms with E-state index >= 15 is 0 Å². The van der Waals surface area contributed by atoms with Crippen molar-refractivity contribution in [1.82, 2.24) is 10.6 Å². The van der Waals surface area contributed by atoms with Crippen LogP contribution in [0, 0.1) is 0 Å². The van der Waals surface area contributed by atoms with Crippen molar-refractivity contribution in [2.75, 3.05) is 39.5 Å². The average molecular weight is 711 g/mol. The molecule has 0 saturated heterocycles. The highest BCUT2D eigenvalue weighted by atomic mass is 16.5. The number of hydrogen-bond donors (Lipinski definition) is 4. The van der Waals surface area contributed by atoms with Gasteiger partial charge in [-0.3, -0.25) is 19.2 Å². The summed E-state index contributed by atoms with van der Waals surface area (Å²) in [4.78, 5) is 48.9. The Hall–Kier alpha value is -6.04. The van der Waals surface area contributed by atoms with Gasteiger partial charge in [0.25, 0.3) is 11.8 Å². The lowest BCUT2D eigenvalue weighted by Gasteiger charge is -2.20. The van der Waals surface area contributed by atoms with Gasteiger partial charge in [-0.1, -0.05) is 72.8 Å². The van der Waals surface area contributed by atoms with Crippen molar-refractivity contribution in [2.24, 2.45) is 0 Å². The molecule has 2 amide bonds. The summed E-state index contributed by atoms with van der Waals surface area (Å²) in [6.45, 7) is 2.43. The van der Waals surface area contributed by atoms with E-state index < -0.39 is 23.8 Å². The van der Waals surface area contributed by atoms with E-state index in [0.717, 1.165) is 0 Å². The summed E-state index contributed by atoms with van der Waals surface area (Å²) in [7, 11) is 0. The van der Waals surface area contributed by atoms with E-state index in [2.05, 4.69) is 10.6 Å². The van der Waals surface area contributed by atoms with Crippen molar-refractivity contribution < 1.29 is 48.3 Å². The Morgan fingerprint density at radius 1 is 0.519 bits per heavy atom. The molecule has 0 unspecified atom stereocenters. The molecule has 5 rings (SSSR count). The topological polar surface area (TPSA) is 170 Å². The van der Waals surface area contributed by atoms with Gasteiger partial charge in [-0.2, -0.15) is 0 Å². The van der Waals surface area contributed by atoms with Gasteiger partial charge in [-0.25, -0.2) is 0 Å². The second-order valence-electron chi connectivity index (χ2n) is 12.1. The lowest BCUT2D eigenvalue weighted by Crippen LogP contribution is -2.34. The molecule has 4 N–H and O–H groups in total. The van der Waals surface area contributed by atoms with Gasteiger partial charge in [0.15, 0.2) is 13.2 Å². The van der Waals surface area contributed by atoms with Gasteiger partial charge in [0.05, 0.1) is 13.2 Å². The molecule has 4 aromatic carbocycles. The van der Waals surface area contributed by atoms with E-state index in [1.54, 1.807) is 13.8 Å². The fourth-order valence-corrected chi connectivity index (χ4v) is 6.03. The van der Waals surface area contributed by atoms with E-state index in [0.29, 0.717) is 56.0 Å². The van der Waals surface area contributed by atoms with Gasteiger partial charge in [0, 0.05) is 25.7 Å². The van der Waals surface area contributed by atoms with E-state index in [1.807, 2.05) is 72.8 Å². The van der Waals surface area contributed by atoms with Crippen LogP contribution in [0.25, 0.3) is 0 Å². The first-order chi connectivity index (χ1) is 25.2. The molecule has 0 aromatic heterocycles. The monoisotopic (exact) mass is 710 g/mol. The normalized spacial score (nSPS) is 11.9. The van der Waals surface area contributed by atoms with Crippen molar-refractivity contribution >= 4 is 23.8 Å². The SMILES string of the molecule is CCOC(=O)CNC(=O)COc1c2cccc1Cc1cccc(c1O)Cc1cccc(c1OCC(=O)NCC(=O)OCC)Cc1cccc(c1O)C2. The quantitative estimate of drug-likeness (QED) is 0.139. The van der Waals surface area contributed by atoms with Crippen LogP contribution in [0.3, 0.4) is 0 Å². The van der Waals surface area contributed by atoms with E-state index in [-0.39, 0.29) is 76.7 Å². The molecule has 0 aliphatic heterocycles. The number of esters is 2.